The zero-order chi connectivity index (χ0) is 20.6. The van der Waals surface area contributed by atoms with E-state index >= 15 is 0 Å². The van der Waals surface area contributed by atoms with Gasteiger partial charge in [0.15, 0.2) is 6.10 Å². The highest BCUT2D eigenvalue weighted by molar-refractivity contribution is 6.24. The van der Waals surface area contributed by atoms with E-state index < -0.39 is 29.4 Å². The lowest BCUT2D eigenvalue weighted by Gasteiger charge is -2.23. The van der Waals surface area contributed by atoms with Gasteiger partial charge in [0.1, 0.15) is 16.9 Å². The van der Waals surface area contributed by atoms with Crippen molar-refractivity contribution in [2.24, 2.45) is 0 Å². The molecule has 0 saturated carbocycles. The first-order valence-electron chi connectivity index (χ1n) is 10.3. The van der Waals surface area contributed by atoms with E-state index in [0.717, 1.165) is 19.3 Å². The summed E-state index contributed by atoms with van der Waals surface area (Å²) in [5.74, 6) is -1.62. The van der Waals surface area contributed by atoms with Gasteiger partial charge in [-0.15, -0.1) is 0 Å². The molecular weight excluding hydrogens is 360 g/mol. The molecule has 6 heteroatoms. The van der Waals surface area contributed by atoms with E-state index in [2.05, 4.69) is 11.7 Å². The second kappa shape index (κ2) is 10.4. The van der Waals surface area contributed by atoms with Crippen molar-refractivity contribution in [2.45, 2.75) is 89.8 Å². The molecule has 0 spiro atoms. The molecule has 0 amide bonds. The Hall–Kier alpha value is -2.11. The topological polar surface area (TPSA) is 78.9 Å². The van der Waals surface area contributed by atoms with Crippen molar-refractivity contribution in [1.82, 2.24) is 0 Å². The zero-order valence-electron chi connectivity index (χ0n) is 17.3. The Kier molecular flexibility index (Phi) is 8.27. The smallest absolute Gasteiger partial charge is 0.346 e. The van der Waals surface area contributed by atoms with Crippen LogP contribution in [0.1, 0.15) is 78.1 Å². The van der Waals surface area contributed by atoms with Crippen LogP contribution in [0.25, 0.3) is 0 Å². The molecule has 0 radical (unpaired) electrons. The maximum Gasteiger partial charge on any atom is 0.346 e. The summed E-state index contributed by atoms with van der Waals surface area (Å²) in [6.07, 6.45) is 12.8. The minimum atomic E-state index is -1.13. The number of esters is 2. The van der Waals surface area contributed by atoms with Crippen LogP contribution in [-0.2, 0) is 28.6 Å². The minimum absolute atomic E-state index is 0.107. The lowest BCUT2D eigenvalue weighted by atomic mass is 9.98. The number of unbranched alkanes of at least 4 members (excludes halogenated alkanes) is 7. The maximum atomic E-state index is 12.4. The summed E-state index contributed by atoms with van der Waals surface area (Å²) in [4.78, 5) is 35.9. The van der Waals surface area contributed by atoms with Crippen molar-refractivity contribution in [3.8, 4) is 0 Å². The van der Waals surface area contributed by atoms with E-state index in [0.29, 0.717) is 0 Å². The first-order chi connectivity index (χ1) is 13.4. The van der Waals surface area contributed by atoms with Crippen molar-refractivity contribution in [2.75, 3.05) is 7.11 Å². The predicted molar refractivity (Wildman–Crippen MR) is 104 cm³/mol. The van der Waals surface area contributed by atoms with Gasteiger partial charge in [0, 0.05) is 0 Å². The molecule has 2 aliphatic rings. The number of ketones is 1. The second-order valence-corrected chi connectivity index (χ2v) is 7.75. The number of rotatable bonds is 11. The molecule has 156 valence electrons. The Labute approximate surface area is 167 Å². The summed E-state index contributed by atoms with van der Waals surface area (Å²) in [5, 5.41) is 0. The fourth-order valence-electron chi connectivity index (χ4n) is 3.54. The molecule has 28 heavy (non-hydrogen) atoms. The fraction of sp³-hybridized carbons (Fsp3) is 0.682. The Morgan fingerprint density at radius 1 is 1.11 bits per heavy atom. The van der Waals surface area contributed by atoms with Gasteiger partial charge in [-0.1, -0.05) is 51.9 Å². The number of allylic oxidation sites excluding steroid dienone is 1. The Morgan fingerprint density at radius 3 is 2.39 bits per heavy atom. The van der Waals surface area contributed by atoms with Crippen LogP contribution in [0, 0.1) is 0 Å². The van der Waals surface area contributed by atoms with Crippen LogP contribution in [0.15, 0.2) is 23.5 Å². The van der Waals surface area contributed by atoms with Gasteiger partial charge in [0.25, 0.3) is 0 Å². The normalized spacial score (nSPS) is 26.5. The molecule has 0 N–H and O–H groups in total. The molecule has 1 saturated heterocycles. The van der Waals surface area contributed by atoms with Gasteiger partial charge in [-0.25, -0.2) is 4.79 Å². The molecule has 0 aromatic rings. The molecule has 2 aliphatic heterocycles. The van der Waals surface area contributed by atoms with E-state index in [1.54, 1.807) is 6.08 Å². The monoisotopic (exact) mass is 392 g/mol. The summed E-state index contributed by atoms with van der Waals surface area (Å²) < 4.78 is 15.5. The van der Waals surface area contributed by atoms with Crippen molar-refractivity contribution < 1.29 is 28.6 Å². The number of ether oxygens (including phenoxy) is 3. The molecule has 2 heterocycles. The minimum Gasteiger partial charge on any atom is -0.482 e. The second-order valence-electron chi connectivity index (χ2n) is 7.75. The molecule has 2 rings (SSSR count). The third kappa shape index (κ3) is 5.94. The van der Waals surface area contributed by atoms with Gasteiger partial charge in [-0.2, -0.15) is 0 Å². The summed E-state index contributed by atoms with van der Waals surface area (Å²) in [6, 6.07) is 0. The number of carbonyl (C=O) groups excluding carboxylic acids is 3. The number of cyclic esters (lactones) is 1. The highest BCUT2D eigenvalue weighted by Gasteiger charge is 2.44. The van der Waals surface area contributed by atoms with Crippen LogP contribution in [0.4, 0.5) is 0 Å². The van der Waals surface area contributed by atoms with Crippen LogP contribution >= 0.6 is 0 Å². The van der Waals surface area contributed by atoms with Crippen LogP contribution in [-0.4, -0.2) is 36.5 Å². The number of carbonyl (C=O) groups is 3. The fourth-order valence-corrected chi connectivity index (χ4v) is 3.54. The highest BCUT2D eigenvalue weighted by atomic mass is 16.6. The maximum absolute atomic E-state index is 12.4. The Balaban J connectivity index is 1.83. The van der Waals surface area contributed by atoms with Gasteiger partial charge in [-0.05, 0) is 31.9 Å². The standard InChI is InChI=1S/C22H32O6/c1-4-5-6-7-8-9-10-11-13-22(2)14-12-16(28-22)19-20(24)17(27-21(19)25)15-18(23)26-3/h12,14,17H,4-11,13,15H2,1-3H3/b19-16+/t17-,22+/m0/s1. The summed E-state index contributed by atoms with van der Waals surface area (Å²) in [6.45, 7) is 4.17. The van der Waals surface area contributed by atoms with Crippen LogP contribution in [0.5, 0.6) is 0 Å². The van der Waals surface area contributed by atoms with E-state index in [1.807, 2.05) is 13.0 Å². The molecule has 1 fully saturated rings. The van der Waals surface area contributed by atoms with E-state index in [9.17, 15) is 14.4 Å². The third-order valence-corrected chi connectivity index (χ3v) is 5.28. The average molecular weight is 392 g/mol. The molecule has 0 bridgehead atoms. The van der Waals surface area contributed by atoms with E-state index in [4.69, 9.17) is 9.47 Å². The first-order valence-corrected chi connectivity index (χ1v) is 10.3. The van der Waals surface area contributed by atoms with Crippen LogP contribution in [0.2, 0.25) is 0 Å². The molecule has 0 aromatic heterocycles. The van der Waals surface area contributed by atoms with Gasteiger partial charge in [0.05, 0.1) is 13.5 Å². The summed E-state index contributed by atoms with van der Waals surface area (Å²) in [7, 11) is 1.22. The Bertz CT molecular complexity index is 647. The quantitative estimate of drug-likeness (QED) is 0.227. The average Bonchev–Trinajstić information content (AvgIpc) is 3.17. The van der Waals surface area contributed by atoms with Crippen molar-refractivity contribution in [3.63, 3.8) is 0 Å². The van der Waals surface area contributed by atoms with Crippen molar-refractivity contribution in [1.29, 1.82) is 0 Å². The van der Waals surface area contributed by atoms with Crippen LogP contribution < -0.4 is 0 Å². The number of hydrogen-bond acceptors (Lipinski definition) is 6. The molecular formula is C22H32O6. The van der Waals surface area contributed by atoms with Crippen molar-refractivity contribution >= 4 is 17.7 Å². The highest BCUT2D eigenvalue weighted by Crippen LogP contribution is 2.35. The van der Waals surface area contributed by atoms with Crippen LogP contribution in [0.3, 0.4) is 0 Å². The van der Waals surface area contributed by atoms with Gasteiger partial charge in [-0.3, -0.25) is 9.59 Å². The van der Waals surface area contributed by atoms with Gasteiger partial charge < -0.3 is 14.2 Å². The molecule has 2 atom stereocenters. The Morgan fingerprint density at radius 2 is 1.75 bits per heavy atom. The third-order valence-electron chi connectivity index (χ3n) is 5.28. The summed E-state index contributed by atoms with van der Waals surface area (Å²) >= 11 is 0. The van der Waals surface area contributed by atoms with Gasteiger partial charge >= 0.3 is 11.9 Å². The SMILES string of the molecule is CCCCCCCCCC[C@]1(C)C=C/C(=C2\C(=O)O[C@@H](CC(=O)OC)C2=O)O1. The first kappa shape index (κ1) is 22.2. The zero-order valence-corrected chi connectivity index (χ0v) is 17.3. The molecule has 0 aromatic carbocycles. The lowest BCUT2D eigenvalue weighted by Crippen LogP contribution is -2.23. The molecule has 0 unspecified atom stereocenters. The lowest BCUT2D eigenvalue weighted by molar-refractivity contribution is -0.149. The largest absolute Gasteiger partial charge is 0.482 e. The number of methoxy groups -OCH3 is 1. The number of Topliss-reactive ketones (excluding diaryl/α,β-unsaturated/α-hetero) is 1. The van der Waals surface area contributed by atoms with Gasteiger partial charge in [0.2, 0.25) is 5.78 Å². The predicted octanol–water partition coefficient (Wildman–Crippen LogP) is 4.17. The number of hydrogen-bond donors (Lipinski definition) is 0. The van der Waals surface area contributed by atoms with E-state index in [1.165, 1.54) is 45.6 Å². The van der Waals surface area contributed by atoms with E-state index in [-0.39, 0.29) is 17.8 Å². The van der Waals surface area contributed by atoms with Crippen molar-refractivity contribution in [3.05, 3.63) is 23.5 Å². The molecule has 0 aliphatic carbocycles. The molecule has 6 nitrogen and oxygen atoms in total. The summed E-state index contributed by atoms with van der Waals surface area (Å²) in [5.41, 5.74) is -0.629.